The fraction of sp³-hybridized carbons (Fsp3) is 0.333. The zero-order chi connectivity index (χ0) is 29.4. The summed E-state index contributed by atoms with van der Waals surface area (Å²) in [5.74, 6) is -0.527. The van der Waals surface area contributed by atoms with Crippen LogP contribution in [0.2, 0.25) is 5.02 Å². The summed E-state index contributed by atoms with van der Waals surface area (Å²) in [6.45, 7) is 1.91. The Balaban J connectivity index is 1.26. The normalized spacial score (nSPS) is 18.5. The largest absolute Gasteiger partial charge is 0.619 e. The third-order valence-corrected chi connectivity index (χ3v) is 12.0. The fourth-order valence-electron chi connectivity index (χ4n) is 5.07. The average molecular weight is 648 g/mol. The number of sulfonamides is 1. The van der Waals surface area contributed by atoms with Gasteiger partial charge in [-0.15, -0.1) is 22.7 Å². The second-order valence-corrected chi connectivity index (χ2v) is 14.7. The minimum Gasteiger partial charge on any atom is -0.619 e. The lowest BCUT2D eigenvalue weighted by molar-refractivity contribution is -0.605. The van der Waals surface area contributed by atoms with Crippen LogP contribution >= 0.6 is 34.3 Å². The Hall–Kier alpha value is -3.14. The molecule has 0 radical (unpaired) electrons. The van der Waals surface area contributed by atoms with Gasteiger partial charge in [0.1, 0.15) is 4.21 Å². The van der Waals surface area contributed by atoms with Crippen LogP contribution in [-0.2, 0) is 19.6 Å². The van der Waals surface area contributed by atoms with Gasteiger partial charge in [-0.1, -0.05) is 17.7 Å². The molecule has 220 valence electrons. The van der Waals surface area contributed by atoms with E-state index in [0.29, 0.717) is 40.9 Å². The molecule has 2 aliphatic rings. The number of morpholine rings is 1. The highest BCUT2D eigenvalue weighted by molar-refractivity contribution is 7.91. The maximum absolute atomic E-state index is 13.8. The van der Waals surface area contributed by atoms with E-state index >= 15 is 0 Å². The number of thiophene rings is 1. The number of fused-ring (bicyclic) bond motifs is 1. The fourth-order valence-corrected chi connectivity index (χ4v) is 9.25. The minimum atomic E-state index is -3.89. The molecule has 0 saturated carbocycles. The SMILES string of the molecule is O=C(CC1CN(S(=O)(=O)c2cc3ccc(Cl)cc3s2)CCN1C(=O)c1ncc(-c2cc[n+]([O-])cc2)s1)N1CCOCC1. The summed E-state index contributed by atoms with van der Waals surface area (Å²) < 4.78 is 35.9. The summed E-state index contributed by atoms with van der Waals surface area (Å²) in [5, 5.41) is 12.9. The van der Waals surface area contributed by atoms with Crippen LogP contribution in [0, 0.1) is 5.21 Å². The Morgan fingerprint density at radius 2 is 1.83 bits per heavy atom. The number of carbonyl (C=O) groups is 2. The number of aromatic nitrogens is 2. The first-order valence-corrected chi connectivity index (χ1v) is 16.6. The summed E-state index contributed by atoms with van der Waals surface area (Å²) in [4.78, 5) is 35.3. The Labute approximate surface area is 255 Å². The molecule has 1 aromatic carbocycles. The number of amides is 2. The molecule has 1 atom stereocenters. The molecule has 42 heavy (non-hydrogen) atoms. The molecule has 2 amide bonds. The summed E-state index contributed by atoms with van der Waals surface area (Å²) in [5.41, 5.74) is 0.748. The van der Waals surface area contributed by atoms with E-state index in [1.807, 2.05) is 0 Å². The lowest BCUT2D eigenvalue weighted by atomic mass is 10.1. The van der Waals surface area contributed by atoms with Gasteiger partial charge >= 0.3 is 0 Å². The number of benzene rings is 1. The van der Waals surface area contributed by atoms with E-state index in [4.69, 9.17) is 16.3 Å². The van der Waals surface area contributed by atoms with Crippen molar-refractivity contribution in [2.45, 2.75) is 16.7 Å². The molecule has 2 fully saturated rings. The van der Waals surface area contributed by atoms with E-state index in [1.165, 1.54) is 28.0 Å². The number of thiazole rings is 1. The molecule has 11 nitrogen and oxygen atoms in total. The van der Waals surface area contributed by atoms with Crippen molar-refractivity contribution in [2.75, 3.05) is 45.9 Å². The number of piperazine rings is 1. The molecule has 0 bridgehead atoms. The molecule has 1 unspecified atom stereocenters. The third-order valence-electron chi connectivity index (χ3n) is 7.31. The van der Waals surface area contributed by atoms with Gasteiger partial charge in [-0.3, -0.25) is 9.59 Å². The monoisotopic (exact) mass is 647 g/mol. The quantitative estimate of drug-likeness (QED) is 0.233. The maximum Gasteiger partial charge on any atom is 0.283 e. The van der Waals surface area contributed by atoms with Gasteiger partial charge < -0.3 is 19.7 Å². The molecule has 5 heterocycles. The molecular formula is C27H26ClN5O6S3. The number of halogens is 1. The van der Waals surface area contributed by atoms with Gasteiger partial charge in [0.2, 0.25) is 5.91 Å². The van der Waals surface area contributed by atoms with E-state index in [2.05, 4.69) is 4.98 Å². The summed E-state index contributed by atoms with van der Waals surface area (Å²) in [6, 6.07) is 9.46. The highest BCUT2D eigenvalue weighted by Gasteiger charge is 2.39. The number of nitrogens with zero attached hydrogens (tertiary/aromatic N) is 5. The lowest BCUT2D eigenvalue weighted by Crippen LogP contribution is -2.58. The summed E-state index contributed by atoms with van der Waals surface area (Å²) in [7, 11) is -3.89. The van der Waals surface area contributed by atoms with E-state index in [1.54, 1.807) is 52.4 Å². The summed E-state index contributed by atoms with van der Waals surface area (Å²) in [6.07, 6.45) is 4.29. The van der Waals surface area contributed by atoms with Gasteiger partial charge in [0, 0.05) is 72.8 Å². The Kier molecular flexibility index (Phi) is 8.18. The number of carbonyl (C=O) groups excluding carboxylic acids is 2. The van der Waals surface area contributed by atoms with Crippen molar-refractivity contribution in [3.63, 3.8) is 0 Å². The number of ether oxygens (including phenoxy) is 1. The van der Waals surface area contributed by atoms with E-state index in [-0.39, 0.29) is 47.1 Å². The van der Waals surface area contributed by atoms with Crippen LogP contribution in [0.1, 0.15) is 16.2 Å². The smallest absolute Gasteiger partial charge is 0.283 e. The molecule has 0 aliphatic carbocycles. The van der Waals surface area contributed by atoms with Crippen molar-refractivity contribution in [1.29, 1.82) is 0 Å². The topological polar surface area (TPSA) is 127 Å². The van der Waals surface area contributed by atoms with Crippen LogP contribution in [0.5, 0.6) is 0 Å². The predicted octanol–water partition coefficient (Wildman–Crippen LogP) is 3.08. The minimum absolute atomic E-state index is 0.0276. The second-order valence-electron chi connectivity index (χ2n) is 9.94. The van der Waals surface area contributed by atoms with Crippen LogP contribution in [0.3, 0.4) is 0 Å². The van der Waals surface area contributed by atoms with Gasteiger partial charge in [-0.2, -0.15) is 9.04 Å². The first-order chi connectivity index (χ1) is 20.2. The molecule has 6 rings (SSSR count). The molecular weight excluding hydrogens is 622 g/mol. The molecule has 4 aromatic rings. The highest BCUT2D eigenvalue weighted by Crippen LogP contribution is 2.34. The molecule has 2 aliphatic heterocycles. The zero-order valence-electron chi connectivity index (χ0n) is 22.2. The standard InChI is InChI=1S/C27H26ClN5O6S3/c28-20-2-1-19-13-25(40-22(19)14-20)42(37,38)32-7-8-33(21(17-32)15-24(34)30-9-11-39-12-10-30)27(35)26-29-16-23(41-26)18-3-5-31(36)6-4-18/h1-6,13-14,16,21H,7-12,15,17H2. The van der Waals surface area contributed by atoms with E-state index in [9.17, 15) is 23.2 Å². The van der Waals surface area contributed by atoms with Crippen LogP contribution in [0.15, 0.2) is 59.2 Å². The van der Waals surface area contributed by atoms with Crippen LogP contribution in [0.4, 0.5) is 0 Å². The molecule has 3 aromatic heterocycles. The van der Waals surface area contributed by atoms with Crippen molar-refractivity contribution in [1.82, 2.24) is 19.1 Å². The first kappa shape index (κ1) is 29.0. The van der Waals surface area contributed by atoms with Crippen LogP contribution in [-0.4, -0.2) is 91.3 Å². The van der Waals surface area contributed by atoms with E-state index < -0.39 is 16.1 Å². The second kappa shape index (κ2) is 11.9. The Morgan fingerprint density at radius 3 is 2.60 bits per heavy atom. The van der Waals surface area contributed by atoms with Gasteiger partial charge in [0.15, 0.2) is 17.4 Å². The van der Waals surface area contributed by atoms with Crippen LogP contribution < -0.4 is 4.73 Å². The number of hydrogen-bond acceptors (Lipinski definition) is 9. The zero-order valence-corrected chi connectivity index (χ0v) is 25.4. The van der Waals surface area contributed by atoms with Crippen molar-refractivity contribution >= 4 is 66.2 Å². The maximum atomic E-state index is 13.8. The molecule has 2 saturated heterocycles. The van der Waals surface area contributed by atoms with Crippen molar-refractivity contribution in [2.24, 2.45) is 0 Å². The Morgan fingerprint density at radius 1 is 1.07 bits per heavy atom. The molecule has 0 spiro atoms. The first-order valence-electron chi connectivity index (χ1n) is 13.2. The highest BCUT2D eigenvalue weighted by atomic mass is 35.5. The van der Waals surface area contributed by atoms with Gasteiger partial charge in [0.05, 0.1) is 24.1 Å². The average Bonchev–Trinajstić information content (AvgIpc) is 3.66. The third kappa shape index (κ3) is 5.87. The van der Waals surface area contributed by atoms with Crippen molar-refractivity contribution in [3.8, 4) is 10.4 Å². The molecule has 15 heteroatoms. The van der Waals surface area contributed by atoms with Gasteiger partial charge in [-0.25, -0.2) is 13.4 Å². The van der Waals surface area contributed by atoms with Crippen molar-refractivity contribution in [3.05, 3.63) is 70.2 Å². The van der Waals surface area contributed by atoms with E-state index in [0.717, 1.165) is 27.0 Å². The summed E-state index contributed by atoms with van der Waals surface area (Å²) >= 11 is 8.43. The molecule has 0 N–H and O–H groups in total. The van der Waals surface area contributed by atoms with Gasteiger partial charge in [0.25, 0.3) is 15.9 Å². The van der Waals surface area contributed by atoms with Crippen LogP contribution in [0.25, 0.3) is 20.5 Å². The Bertz CT molecular complexity index is 1740. The van der Waals surface area contributed by atoms with Gasteiger partial charge in [-0.05, 0) is 23.6 Å². The van der Waals surface area contributed by atoms with Crippen molar-refractivity contribution < 1.29 is 27.5 Å². The number of rotatable bonds is 6. The predicted molar refractivity (Wildman–Crippen MR) is 159 cm³/mol. The number of hydrogen-bond donors (Lipinski definition) is 0. The number of pyridine rings is 1. The lowest BCUT2D eigenvalue weighted by Gasteiger charge is -2.41.